The monoisotopic (exact) mass is 437 g/mol. The molecular weight excluding hydrogens is 421 g/mol. The summed E-state index contributed by atoms with van der Waals surface area (Å²) in [6, 6.07) is 17.6. The minimum atomic E-state index is -0.624. The van der Waals surface area contributed by atoms with E-state index < -0.39 is 5.82 Å². The number of para-hydroxylation sites is 1. The minimum Gasteiger partial charge on any atom is -0.494 e. The van der Waals surface area contributed by atoms with Gasteiger partial charge >= 0.3 is 0 Å². The number of rotatable bonds is 7. The van der Waals surface area contributed by atoms with Crippen molar-refractivity contribution in [1.29, 1.82) is 0 Å². The first kappa shape index (κ1) is 20.6. The molecule has 7 heteroatoms. The zero-order valence-electron chi connectivity index (χ0n) is 16.4. The van der Waals surface area contributed by atoms with Gasteiger partial charge in [0.2, 0.25) is 5.78 Å². The van der Waals surface area contributed by atoms with Gasteiger partial charge in [0.25, 0.3) is 0 Å². The van der Waals surface area contributed by atoms with Crippen LogP contribution in [0.2, 0.25) is 5.02 Å². The van der Waals surface area contributed by atoms with Crippen LogP contribution in [0.4, 0.5) is 10.1 Å². The summed E-state index contributed by atoms with van der Waals surface area (Å²) < 4.78 is 24.6. The van der Waals surface area contributed by atoms with Gasteiger partial charge in [-0.2, -0.15) is 0 Å². The summed E-state index contributed by atoms with van der Waals surface area (Å²) in [4.78, 5) is 25.7. The van der Waals surface area contributed by atoms with Crippen LogP contribution in [-0.4, -0.2) is 25.2 Å². The Balaban J connectivity index is 1.64. The van der Waals surface area contributed by atoms with Crippen molar-refractivity contribution in [2.45, 2.75) is 0 Å². The van der Waals surface area contributed by atoms with Crippen LogP contribution in [0, 0.1) is 5.82 Å². The number of anilines is 1. The van der Waals surface area contributed by atoms with Crippen LogP contribution in [-0.2, 0) is 0 Å². The molecule has 0 bridgehead atoms. The number of methoxy groups -OCH3 is 1. The van der Waals surface area contributed by atoms with Gasteiger partial charge in [-0.25, -0.2) is 4.39 Å². The summed E-state index contributed by atoms with van der Waals surface area (Å²) >= 11 is 5.91. The summed E-state index contributed by atoms with van der Waals surface area (Å²) in [5, 5.41) is 4.17. The lowest BCUT2D eigenvalue weighted by molar-refractivity contribution is 0.0997. The molecule has 156 valence electrons. The van der Waals surface area contributed by atoms with Gasteiger partial charge in [0, 0.05) is 21.5 Å². The quantitative estimate of drug-likeness (QED) is 0.372. The number of carbonyl (C=O) groups excluding carboxylic acids is 2. The van der Waals surface area contributed by atoms with Crippen LogP contribution < -0.4 is 10.1 Å². The van der Waals surface area contributed by atoms with Crippen LogP contribution in [0.5, 0.6) is 5.75 Å². The van der Waals surface area contributed by atoms with Gasteiger partial charge < -0.3 is 14.5 Å². The third-order valence-corrected chi connectivity index (χ3v) is 5.06. The maximum Gasteiger partial charge on any atom is 0.230 e. The van der Waals surface area contributed by atoms with E-state index >= 15 is 0 Å². The van der Waals surface area contributed by atoms with Crippen LogP contribution in [0.3, 0.4) is 0 Å². The highest BCUT2D eigenvalue weighted by molar-refractivity contribution is 6.30. The largest absolute Gasteiger partial charge is 0.494 e. The Bertz CT molecular complexity index is 1280. The van der Waals surface area contributed by atoms with E-state index in [2.05, 4.69) is 5.32 Å². The van der Waals surface area contributed by atoms with E-state index in [4.69, 9.17) is 20.8 Å². The molecule has 1 aromatic heterocycles. The first-order valence-electron chi connectivity index (χ1n) is 9.40. The van der Waals surface area contributed by atoms with Crippen LogP contribution >= 0.6 is 11.6 Å². The molecule has 4 aromatic rings. The second-order valence-electron chi connectivity index (χ2n) is 6.76. The highest BCUT2D eigenvalue weighted by Crippen LogP contribution is 2.32. The number of nitrogens with one attached hydrogen (secondary N) is 1. The number of fused-ring (bicyclic) bond motifs is 1. The Kier molecular flexibility index (Phi) is 5.73. The second-order valence-corrected chi connectivity index (χ2v) is 7.20. The average molecular weight is 438 g/mol. The number of halogens is 2. The fraction of sp³-hybridized carbons (Fsp3) is 0.0833. The minimum absolute atomic E-state index is 0.0567. The van der Waals surface area contributed by atoms with Crippen molar-refractivity contribution in [2.75, 3.05) is 19.0 Å². The first-order valence-corrected chi connectivity index (χ1v) is 9.78. The normalized spacial score (nSPS) is 10.8. The van der Waals surface area contributed by atoms with Crippen molar-refractivity contribution in [1.82, 2.24) is 0 Å². The molecule has 0 radical (unpaired) electrons. The molecule has 1 heterocycles. The molecule has 0 spiro atoms. The Morgan fingerprint density at radius 3 is 2.45 bits per heavy atom. The molecule has 0 aliphatic heterocycles. The maximum atomic E-state index is 14.0. The Morgan fingerprint density at radius 2 is 1.74 bits per heavy atom. The zero-order chi connectivity index (χ0) is 22.0. The number of hydrogen-bond donors (Lipinski definition) is 1. The molecule has 31 heavy (non-hydrogen) atoms. The van der Waals surface area contributed by atoms with E-state index in [0.717, 1.165) is 6.07 Å². The van der Waals surface area contributed by atoms with Crippen molar-refractivity contribution in [3.63, 3.8) is 0 Å². The molecule has 0 amide bonds. The Labute approximate surface area is 182 Å². The lowest BCUT2D eigenvalue weighted by Gasteiger charge is -2.08. The molecular formula is C24H17ClFNO4. The summed E-state index contributed by atoms with van der Waals surface area (Å²) in [6.07, 6.45) is 0. The summed E-state index contributed by atoms with van der Waals surface area (Å²) in [5.74, 6) is -1.19. The molecule has 1 N–H and O–H groups in total. The number of ketones is 2. The number of ether oxygens (including phenoxy) is 1. The van der Waals surface area contributed by atoms with Crippen molar-refractivity contribution in [2.24, 2.45) is 0 Å². The van der Waals surface area contributed by atoms with E-state index in [1.807, 2.05) is 0 Å². The van der Waals surface area contributed by atoms with Gasteiger partial charge in [0.1, 0.15) is 5.58 Å². The fourth-order valence-corrected chi connectivity index (χ4v) is 3.35. The summed E-state index contributed by atoms with van der Waals surface area (Å²) in [7, 11) is 1.35. The van der Waals surface area contributed by atoms with Gasteiger partial charge in [0.05, 0.1) is 19.3 Å². The molecule has 4 rings (SSSR count). The van der Waals surface area contributed by atoms with Crippen LogP contribution in [0.1, 0.15) is 26.5 Å². The molecule has 0 unspecified atom stereocenters. The van der Waals surface area contributed by atoms with Crippen molar-refractivity contribution in [3.05, 3.63) is 94.5 Å². The predicted molar refractivity (Wildman–Crippen MR) is 117 cm³/mol. The third kappa shape index (κ3) is 4.15. The average Bonchev–Trinajstić information content (AvgIpc) is 3.16. The maximum absolute atomic E-state index is 14.0. The second kappa shape index (κ2) is 8.62. The van der Waals surface area contributed by atoms with E-state index in [9.17, 15) is 14.0 Å². The lowest BCUT2D eigenvalue weighted by atomic mass is 10.1. The molecule has 3 aromatic carbocycles. The van der Waals surface area contributed by atoms with E-state index in [-0.39, 0.29) is 35.2 Å². The molecule has 0 saturated carbocycles. The zero-order valence-corrected chi connectivity index (χ0v) is 17.2. The molecule has 0 fully saturated rings. The lowest BCUT2D eigenvalue weighted by Crippen LogP contribution is -2.16. The predicted octanol–water partition coefficient (Wildman–Crippen LogP) is 5.76. The SMILES string of the molecule is COc1ccc(C(=O)CNc2c(C(=O)c3ccc(Cl)cc3)oc3ccccc23)cc1F. The number of benzene rings is 3. The number of furan rings is 1. The van der Waals surface area contributed by atoms with Crippen molar-refractivity contribution >= 4 is 39.8 Å². The molecule has 0 saturated heterocycles. The highest BCUT2D eigenvalue weighted by Gasteiger charge is 2.22. The number of Topliss-reactive ketones (excluding diaryl/α,β-unsaturated/α-hetero) is 1. The van der Waals surface area contributed by atoms with Gasteiger partial charge in [0.15, 0.2) is 23.1 Å². The van der Waals surface area contributed by atoms with Crippen LogP contribution in [0.15, 0.2) is 71.1 Å². The Morgan fingerprint density at radius 1 is 1.03 bits per heavy atom. The summed E-state index contributed by atoms with van der Waals surface area (Å²) in [5.41, 5.74) is 1.49. The molecule has 5 nitrogen and oxygen atoms in total. The first-order chi connectivity index (χ1) is 15.0. The fourth-order valence-electron chi connectivity index (χ4n) is 3.22. The molecule has 0 aliphatic carbocycles. The smallest absolute Gasteiger partial charge is 0.230 e. The number of hydrogen-bond acceptors (Lipinski definition) is 5. The summed E-state index contributed by atoms with van der Waals surface area (Å²) in [6.45, 7) is -0.157. The van der Waals surface area contributed by atoms with E-state index in [0.29, 0.717) is 27.2 Å². The third-order valence-electron chi connectivity index (χ3n) is 4.81. The van der Waals surface area contributed by atoms with Gasteiger partial charge in [-0.15, -0.1) is 0 Å². The molecule has 0 atom stereocenters. The number of carbonyl (C=O) groups is 2. The standard InChI is InChI=1S/C24H17ClFNO4/c1-30-21-11-8-15(12-18(21)26)19(28)13-27-22-17-4-2-3-5-20(17)31-24(22)23(29)14-6-9-16(25)10-7-14/h2-12,27H,13H2,1H3. The van der Waals surface area contributed by atoms with Gasteiger partial charge in [-0.05, 0) is 54.6 Å². The Hall–Kier alpha value is -3.64. The van der Waals surface area contributed by atoms with Crippen molar-refractivity contribution < 1.29 is 23.1 Å². The van der Waals surface area contributed by atoms with Gasteiger partial charge in [-0.3, -0.25) is 9.59 Å². The van der Waals surface area contributed by atoms with Crippen LogP contribution in [0.25, 0.3) is 11.0 Å². The van der Waals surface area contributed by atoms with E-state index in [1.165, 1.54) is 19.2 Å². The topological polar surface area (TPSA) is 68.5 Å². The van der Waals surface area contributed by atoms with Gasteiger partial charge in [-0.1, -0.05) is 23.7 Å². The van der Waals surface area contributed by atoms with Crippen molar-refractivity contribution in [3.8, 4) is 5.75 Å². The molecule has 0 aliphatic rings. The van der Waals surface area contributed by atoms with E-state index in [1.54, 1.807) is 48.5 Å². The highest BCUT2D eigenvalue weighted by atomic mass is 35.5.